The van der Waals surface area contributed by atoms with Gasteiger partial charge in [-0.1, -0.05) is 75.4 Å². The number of carbonyl (C=O) groups excluding carboxylic acids is 1. The number of rotatable bonds is 3. The molecule has 1 N–H and O–H groups in total. The quantitative estimate of drug-likeness (QED) is 0.507. The first kappa shape index (κ1) is 18.0. The maximum absolute atomic E-state index is 12.4. The van der Waals surface area contributed by atoms with E-state index in [4.69, 9.17) is 4.98 Å². The first-order chi connectivity index (χ1) is 13.4. The van der Waals surface area contributed by atoms with E-state index in [9.17, 15) is 4.79 Å². The van der Waals surface area contributed by atoms with Gasteiger partial charge in [-0.3, -0.25) is 4.79 Å². The van der Waals surface area contributed by atoms with Crippen molar-refractivity contribution in [1.82, 2.24) is 9.38 Å². The number of fused-ring (bicyclic) bond motifs is 1. The smallest absolute Gasteiger partial charge is 0.229 e. The van der Waals surface area contributed by atoms with Gasteiger partial charge in [0.25, 0.3) is 0 Å². The number of hydrogen-bond acceptors (Lipinski definition) is 2. The van der Waals surface area contributed by atoms with Gasteiger partial charge in [0.15, 0.2) is 5.65 Å². The molecule has 0 radical (unpaired) electrons. The summed E-state index contributed by atoms with van der Waals surface area (Å²) >= 11 is 0. The van der Waals surface area contributed by atoms with Crippen LogP contribution in [0.3, 0.4) is 0 Å². The Morgan fingerprint density at radius 2 is 1.50 bits per heavy atom. The Labute approximate surface area is 164 Å². The van der Waals surface area contributed by atoms with Crippen LogP contribution in [0.4, 0.5) is 5.69 Å². The Kier molecular flexibility index (Phi) is 4.47. The molecule has 0 unspecified atom stereocenters. The highest BCUT2D eigenvalue weighted by atomic mass is 16.2. The van der Waals surface area contributed by atoms with Gasteiger partial charge in [-0.15, -0.1) is 0 Å². The van der Waals surface area contributed by atoms with Gasteiger partial charge < -0.3 is 9.72 Å². The Hall–Kier alpha value is -3.40. The van der Waals surface area contributed by atoms with Gasteiger partial charge in [-0.2, -0.15) is 0 Å². The van der Waals surface area contributed by atoms with Gasteiger partial charge in [0, 0.05) is 23.4 Å². The SMILES string of the molecule is CC(C)(C)C(=O)Nc1cccn2cc(-c3ccc(-c4ccccc4)cc3)nc12. The molecule has 1 amide bonds. The Morgan fingerprint density at radius 3 is 2.18 bits per heavy atom. The van der Waals surface area contributed by atoms with Crippen LogP contribution in [0.15, 0.2) is 79.1 Å². The zero-order valence-electron chi connectivity index (χ0n) is 16.3. The number of anilines is 1. The van der Waals surface area contributed by atoms with Gasteiger partial charge in [0.1, 0.15) is 0 Å². The minimum atomic E-state index is -0.463. The van der Waals surface area contributed by atoms with Crippen LogP contribution < -0.4 is 5.32 Å². The summed E-state index contributed by atoms with van der Waals surface area (Å²) in [5, 5.41) is 3.00. The number of hydrogen-bond donors (Lipinski definition) is 1. The molecule has 28 heavy (non-hydrogen) atoms. The molecular weight excluding hydrogens is 346 g/mol. The molecule has 4 aromatic rings. The van der Waals surface area contributed by atoms with Crippen LogP contribution in [-0.2, 0) is 4.79 Å². The standard InChI is InChI=1S/C24H23N3O/c1-24(2,3)23(28)26-20-10-7-15-27-16-21(25-22(20)27)19-13-11-18(12-14-19)17-8-5-4-6-9-17/h4-16H,1-3H3,(H,26,28). The van der Waals surface area contributed by atoms with Crippen LogP contribution in [0.2, 0.25) is 0 Å². The minimum Gasteiger partial charge on any atom is -0.322 e. The molecule has 4 heteroatoms. The molecule has 4 rings (SSSR count). The number of nitrogens with zero attached hydrogens (tertiary/aromatic N) is 2. The summed E-state index contributed by atoms with van der Waals surface area (Å²) in [6.07, 6.45) is 3.93. The average Bonchev–Trinajstić information content (AvgIpc) is 3.13. The number of benzene rings is 2. The monoisotopic (exact) mass is 369 g/mol. The van der Waals surface area contributed by atoms with Crippen molar-refractivity contribution in [3.05, 3.63) is 79.1 Å². The highest BCUT2D eigenvalue weighted by Gasteiger charge is 2.22. The van der Waals surface area contributed by atoms with Crippen LogP contribution in [0.25, 0.3) is 28.0 Å². The predicted octanol–water partition coefficient (Wildman–Crippen LogP) is 5.65. The highest BCUT2D eigenvalue weighted by Crippen LogP contribution is 2.27. The van der Waals surface area contributed by atoms with E-state index in [0.717, 1.165) is 22.6 Å². The maximum atomic E-state index is 12.4. The number of nitrogens with one attached hydrogen (secondary N) is 1. The molecular formula is C24H23N3O. The minimum absolute atomic E-state index is 0.0302. The van der Waals surface area contributed by atoms with Crippen LogP contribution in [-0.4, -0.2) is 15.3 Å². The lowest BCUT2D eigenvalue weighted by atomic mass is 9.95. The fourth-order valence-electron chi connectivity index (χ4n) is 3.02. The number of aromatic nitrogens is 2. The molecule has 0 aliphatic heterocycles. The van der Waals surface area contributed by atoms with E-state index in [1.165, 1.54) is 11.1 Å². The number of carbonyl (C=O) groups is 1. The van der Waals surface area contributed by atoms with E-state index in [1.807, 2.05) is 67.9 Å². The topological polar surface area (TPSA) is 46.4 Å². The number of amides is 1. The first-order valence-corrected chi connectivity index (χ1v) is 9.37. The van der Waals surface area contributed by atoms with Gasteiger partial charge in [0.2, 0.25) is 5.91 Å². The fourth-order valence-corrected chi connectivity index (χ4v) is 3.02. The van der Waals surface area contributed by atoms with E-state index in [0.29, 0.717) is 0 Å². The third kappa shape index (κ3) is 3.54. The summed E-state index contributed by atoms with van der Waals surface area (Å²) in [4.78, 5) is 17.1. The second kappa shape index (κ2) is 6.97. The largest absolute Gasteiger partial charge is 0.322 e. The molecule has 0 saturated heterocycles. The predicted molar refractivity (Wildman–Crippen MR) is 114 cm³/mol. The molecule has 2 aromatic heterocycles. The van der Waals surface area contributed by atoms with E-state index < -0.39 is 5.41 Å². The van der Waals surface area contributed by atoms with E-state index in [2.05, 4.69) is 41.7 Å². The van der Waals surface area contributed by atoms with Crippen LogP contribution >= 0.6 is 0 Å². The van der Waals surface area contributed by atoms with E-state index >= 15 is 0 Å². The molecule has 0 fully saturated rings. The Bertz CT molecular complexity index is 1120. The zero-order chi connectivity index (χ0) is 19.7. The van der Waals surface area contributed by atoms with Gasteiger partial charge >= 0.3 is 0 Å². The third-order valence-corrected chi connectivity index (χ3v) is 4.70. The van der Waals surface area contributed by atoms with Crippen LogP contribution in [0, 0.1) is 5.41 Å². The molecule has 0 atom stereocenters. The lowest BCUT2D eigenvalue weighted by Gasteiger charge is -2.17. The molecule has 2 aromatic carbocycles. The molecule has 140 valence electrons. The van der Waals surface area contributed by atoms with Gasteiger partial charge in [-0.25, -0.2) is 4.98 Å². The molecule has 0 spiro atoms. The summed E-state index contributed by atoms with van der Waals surface area (Å²) in [5.74, 6) is -0.0302. The second-order valence-electron chi connectivity index (χ2n) is 7.93. The summed E-state index contributed by atoms with van der Waals surface area (Å²) in [6.45, 7) is 5.69. The summed E-state index contributed by atoms with van der Waals surface area (Å²) in [5.41, 5.74) is 5.27. The van der Waals surface area contributed by atoms with E-state index in [1.54, 1.807) is 0 Å². The lowest BCUT2D eigenvalue weighted by Crippen LogP contribution is -2.27. The number of pyridine rings is 1. The summed E-state index contributed by atoms with van der Waals surface area (Å²) in [6, 6.07) is 22.5. The fraction of sp³-hybridized carbons (Fsp3) is 0.167. The molecule has 4 nitrogen and oxygen atoms in total. The lowest BCUT2D eigenvalue weighted by molar-refractivity contribution is -0.123. The number of imidazole rings is 1. The Balaban J connectivity index is 1.67. The van der Waals surface area contributed by atoms with Crippen LogP contribution in [0.5, 0.6) is 0 Å². The molecule has 0 saturated carbocycles. The van der Waals surface area contributed by atoms with Crippen molar-refractivity contribution in [2.75, 3.05) is 5.32 Å². The van der Waals surface area contributed by atoms with Crippen molar-refractivity contribution in [3.63, 3.8) is 0 Å². The van der Waals surface area contributed by atoms with E-state index in [-0.39, 0.29) is 5.91 Å². The van der Waals surface area contributed by atoms with Crippen molar-refractivity contribution >= 4 is 17.2 Å². The second-order valence-corrected chi connectivity index (χ2v) is 7.93. The third-order valence-electron chi connectivity index (χ3n) is 4.70. The van der Waals surface area contributed by atoms with Crippen molar-refractivity contribution in [3.8, 4) is 22.4 Å². The Morgan fingerprint density at radius 1 is 0.857 bits per heavy atom. The average molecular weight is 369 g/mol. The van der Waals surface area contributed by atoms with Crippen molar-refractivity contribution in [2.45, 2.75) is 20.8 Å². The summed E-state index contributed by atoms with van der Waals surface area (Å²) < 4.78 is 1.94. The molecule has 0 bridgehead atoms. The van der Waals surface area contributed by atoms with Crippen molar-refractivity contribution in [2.24, 2.45) is 5.41 Å². The molecule has 2 heterocycles. The van der Waals surface area contributed by atoms with Crippen LogP contribution in [0.1, 0.15) is 20.8 Å². The molecule has 0 aliphatic rings. The first-order valence-electron chi connectivity index (χ1n) is 9.37. The normalized spacial score (nSPS) is 11.5. The molecule has 0 aliphatic carbocycles. The van der Waals surface area contributed by atoms with Gasteiger partial charge in [0.05, 0.1) is 11.4 Å². The summed E-state index contributed by atoms with van der Waals surface area (Å²) in [7, 11) is 0. The maximum Gasteiger partial charge on any atom is 0.229 e. The van der Waals surface area contributed by atoms with Gasteiger partial charge in [-0.05, 0) is 23.3 Å². The zero-order valence-corrected chi connectivity index (χ0v) is 16.3. The van der Waals surface area contributed by atoms with Crippen molar-refractivity contribution in [1.29, 1.82) is 0 Å². The highest BCUT2D eigenvalue weighted by molar-refractivity contribution is 5.97. The van der Waals surface area contributed by atoms with Crippen molar-refractivity contribution < 1.29 is 4.79 Å².